The van der Waals surface area contributed by atoms with Gasteiger partial charge in [-0.3, -0.25) is 0 Å². The molecule has 0 bridgehead atoms. The van der Waals surface area contributed by atoms with Crippen LogP contribution >= 0.6 is 23.2 Å². The highest BCUT2D eigenvalue weighted by molar-refractivity contribution is 6.34. The molecule has 0 spiro atoms. The largest absolute Gasteiger partial charge is 0.398 e. The van der Waals surface area contributed by atoms with Gasteiger partial charge in [0.15, 0.2) is 0 Å². The molecule has 0 radical (unpaired) electrons. The Morgan fingerprint density at radius 3 is 1.58 bits per heavy atom. The predicted molar refractivity (Wildman–Crippen MR) is 103 cm³/mol. The lowest BCUT2D eigenvalue weighted by Gasteiger charge is -2.11. The Balaban J connectivity index is 2.10. The molecule has 2 aromatic rings. The maximum atomic E-state index is 7.69. The fourth-order valence-electron chi connectivity index (χ4n) is 3.13. The number of allylic oxidation sites excluding steroid dienone is 5. The molecule has 0 atom stereocenters. The van der Waals surface area contributed by atoms with Crippen LogP contribution in [0.2, 0.25) is 10.0 Å². The molecule has 0 fully saturated rings. The van der Waals surface area contributed by atoms with Crippen LogP contribution in [0.15, 0.2) is 54.1 Å². The minimum atomic E-state index is 0.462. The quantitative estimate of drug-likeness (QED) is 0.492. The van der Waals surface area contributed by atoms with Crippen molar-refractivity contribution in [2.24, 2.45) is 0 Å². The molecule has 2 aromatic carbocycles. The molecule has 0 saturated heterocycles. The van der Waals surface area contributed by atoms with Crippen LogP contribution in [-0.4, -0.2) is 5.71 Å². The monoisotopic (exact) mass is 353 g/mol. The van der Waals surface area contributed by atoms with Crippen molar-refractivity contribution >= 4 is 45.9 Å². The van der Waals surface area contributed by atoms with Crippen LogP contribution in [-0.2, 0) is 0 Å². The normalized spacial score (nSPS) is 15.0. The number of nitrogens with two attached hydrogens (primary N) is 2. The Labute approximate surface area is 149 Å². The molecule has 0 saturated carbocycles. The van der Waals surface area contributed by atoms with Crippen LogP contribution in [0, 0.1) is 5.41 Å². The smallest absolute Gasteiger partial charge is 0.0642 e. The van der Waals surface area contributed by atoms with Crippen LogP contribution in [0.25, 0.3) is 16.7 Å². The average Bonchev–Trinajstić information content (AvgIpc) is 2.82. The number of anilines is 2. The van der Waals surface area contributed by atoms with Crippen molar-refractivity contribution in [3.63, 3.8) is 0 Å². The number of benzene rings is 2. The fourth-order valence-corrected chi connectivity index (χ4v) is 3.46. The number of nitrogen functional groups attached to an aromatic ring is 2. The van der Waals surface area contributed by atoms with E-state index in [-0.39, 0.29) is 0 Å². The maximum absolute atomic E-state index is 7.69. The third-order valence-electron chi connectivity index (χ3n) is 4.28. The van der Waals surface area contributed by atoms with Gasteiger partial charge in [0, 0.05) is 0 Å². The number of hydrogen-bond acceptors (Lipinski definition) is 3. The van der Waals surface area contributed by atoms with Crippen LogP contribution in [0.1, 0.15) is 11.1 Å². The molecule has 118 valence electrons. The van der Waals surface area contributed by atoms with E-state index in [4.69, 9.17) is 40.1 Å². The van der Waals surface area contributed by atoms with Gasteiger partial charge in [-0.1, -0.05) is 35.4 Å². The van der Waals surface area contributed by atoms with Crippen molar-refractivity contribution in [3.05, 3.63) is 75.3 Å². The molecule has 3 nitrogen and oxygen atoms in total. The number of halogens is 2. The molecule has 0 heterocycles. The summed E-state index contributed by atoms with van der Waals surface area (Å²) in [5.41, 5.74) is 19.5. The summed E-state index contributed by atoms with van der Waals surface area (Å²) >= 11 is 12.5. The highest BCUT2D eigenvalue weighted by atomic mass is 35.5. The number of nitrogens with one attached hydrogen (secondary N) is 1. The van der Waals surface area contributed by atoms with Gasteiger partial charge in [0.2, 0.25) is 0 Å². The summed E-state index contributed by atoms with van der Waals surface area (Å²) in [5.74, 6) is 0. The van der Waals surface area contributed by atoms with Gasteiger partial charge < -0.3 is 16.9 Å². The standard InChI is InChI=1S/C19H13Cl2N3/c20-15-5-13-11(7-17(15)23)12-8-18(24)16(21)6-14(12)19(13)9-1-3-10(22)4-2-9/h1-8,22H,23-24H2. The Kier molecular flexibility index (Phi) is 3.30. The van der Waals surface area contributed by atoms with Gasteiger partial charge in [-0.25, -0.2) is 0 Å². The summed E-state index contributed by atoms with van der Waals surface area (Å²) in [6.45, 7) is 0. The minimum absolute atomic E-state index is 0.462. The average molecular weight is 354 g/mol. The van der Waals surface area contributed by atoms with Crippen LogP contribution in [0.4, 0.5) is 11.4 Å². The lowest BCUT2D eigenvalue weighted by molar-refractivity contribution is 1.51. The Bertz CT molecular complexity index is 936. The van der Waals surface area contributed by atoms with E-state index in [1.165, 1.54) is 0 Å². The summed E-state index contributed by atoms with van der Waals surface area (Å²) in [6.07, 6.45) is 7.37. The molecule has 4 rings (SSSR count). The molecule has 5 heteroatoms. The Morgan fingerprint density at radius 2 is 1.12 bits per heavy atom. The van der Waals surface area contributed by atoms with Crippen molar-refractivity contribution in [1.82, 2.24) is 0 Å². The van der Waals surface area contributed by atoms with Gasteiger partial charge in [0.25, 0.3) is 0 Å². The fraction of sp³-hybridized carbons (Fsp3) is 0. The maximum Gasteiger partial charge on any atom is 0.0642 e. The number of fused-ring (bicyclic) bond motifs is 3. The summed E-state index contributed by atoms with van der Waals surface area (Å²) in [6, 6.07) is 7.49. The topological polar surface area (TPSA) is 75.9 Å². The number of rotatable bonds is 0. The summed E-state index contributed by atoms with van der Waals surface area (Å²) in [7, 11) is 0. The predicted octanol–water partition coefficient (Wildman–Crippen LogP) is 5.09. The molecule has 0 aliphatic heterocycles. The molecule has 5 N–H and O–H groups in total. The van der Waals surface area contributed by atoms with Crippen molar-refractivity contribution in [2.75, 3.05) is 11.5 Å². The van der Waals surface area contributed by atoms with E-state index in [2.05, 4.69) is 0 Å². The van der Waals surface area contributed by atoms with Gasteiger partial charge in [0.1, 0.15) is 0 Å². The lowest BCUT2D eigenvalue weighted by atomic mass is 9.95. The van der Waals surface area contributed by atoms with Crippen LogP contribution in [0.3, 0.4) is 0 Å². The van der Waals surface area contributed by atoms with E-state index >= 15 is 0 Å². The second-order valence-electron chi connectivity index (χ2n) is 5.79. The first-order chi connectivity index (χ1) is 11.5. The third-order valence-corrected chi connectivity index (χ3v) is 4.93. The molecule has 24 heavy (non-hydrogen) atoms. The zero-order valence-corrected chi connectivity index (χ0v) is 14.0. The van der Waals surface area contributed by atoms with Gasteiger partial charge in [-0.15, -0.1) is 0 Å². The van der Waals surface area contributed by atoms with E-state index in [0.717, 1.165) is 33.4 Å². The molecule has 0 aromatic heterocycles. The van der Waals surface area contributed by atoms with Gasteiger partial charge in [-0.05, 0) is 69.8 Å². The van der Waals surface area contributed by atoms with E-state index in [9.17, 15) is 0 Å². The highest BCUT2D eigenvalue weighted by Crippen LogP contribution is 2.50. The molecule has 2 aliphatic rings. The van der Waals surface area contributed by atoms with Crippen molar-refractivity contribution in [2.45, 2.75) is 0 Å². The Hall–Kier alpha value is -2.49. The Morgan fingerprint density at radius 1 is 0.667 bits per heavy atom. The van der Waals surface area contributed by atoms with Gasteiger partial charge in [0.05, 0.1) is 27.1 Å². The second kappa shape index (κ2) is 5.26. The van der Waals surface area contributed by atoms with Crippen molar-refractivity contribution in [3.8, 4) is 11.1 Å². The first kappa shape index (κ1) is 15.1. The van der Waals surface area contributed by atoms with Crippen LogP contribution < -0.4 is 11.5 Å². The third kappa shape index (κ3) is 2.17. The van der Waals surface area contributed by atoms with Crippen molar-refractivity contribution < 1.29 is 0 Å². The van der Waals surface area contributed by atoms with E-state index in [1.54, 1.807) is 12.2 Å². The van der Waals surface area contributed by atoms with E-state index in [0.29, 0.717) is 27.1 Å². The second-order valence-corrected chi connectivity index (χ2v) is 6.61. The minimum Gasteiger partial charge on any atom is -0.398 e. The van der Waals surface area contributed by atoms with E-state index in [1.807, 2.05) is 36.4 Å². The number of hydrogen-bond donors (Lipinski definition) is 3. The molecule has 2 aliphatic carbocycles. The van der Waals surface area contributed by atoms with Crippen LogP contribution in [0.5, 0.6) is 0 Å². The van der Waals surface area contributed by atoms with Gasteiger partial charge >= 0.3 is 0 Å². The summed E-state index contributed by atoms with van der Waals surface area (Å²) < 4.78 is 0. The SMILES string of the molecule is N=C1C=CC(=C2c3cc(Cl)c(N)cc3-c3cc(N)c(Cl)cc32)C=C1. The van der Waals surface area contributed by atoms with Crippen molar-refractivity contribution in [1.29, 1.82) is 5.41 Å². The highest BCUT2D eigenvalue weighted by Gasteiger charge is 2.27. The first-order valence-corrected chi connectivity index (χ1v) is 8.09. The molecule has 0 unspecified atom stereocenters. The first-order valence-electron chi connectivity index (χ1n) is 7.34. The molecular formula is C19H13Cl2N3. The zero-order valence-electron chi connectivity index (χ0n) is 12.5. The summed E-state index contributed by atoms with van der Waals surface area (Å²) in [4.78, 5) is 0. The summed E-state index contributed by atoms with van der Waals surface area (Å²) in [5, 5.41) is 8.71. The molecular weight excluding hydrogens is 341 g/mol. The lowest BCUT2D eigenvalue weighted by Crippen LogP contribution is -1.95. The van der Waals surface area contributed by atoms with E-state index < -0.39 is 0 Å². The molecule has 0 amide bonds. The van der Waals surface area contributed by atoms with Gasteiger partial charge in [-0.2, -0.15) is 0 Å². The zero-order chi connectivity index (χ0) is 17.0.